The van der Waals surface area contributed by atoms with E-state index in [1.807, 2.05) is 45.2 Å². The fraction of sp³-hybridized carbons (Fsp3) is 0.688. The third-order valence-corrected chi connectivity index (χ3v) is 4.75. The highest BCUT2D eigenvalue weighted by atomic mass is 32.1. The quantitative estimate of drug-likeness (QED) is 0.893. The number of carbonyl (C=O) groups excluding carboxylic acids is 1. The summed E-state index contributed by atoms with van der Waals surface area (Å²) in [6, 6.07) is 4.07. The fourth-order valence-electron chi connectivity index (χ4n) is 2.43. The molecule has 0 radical (unpaired) electrons. The van der Waals surface area contributed by atoms with E-state index in [4.69, 9.17) is 4.74 Å². The Hall–Kier alpha value is -1.11. The molecule has 1 aliphatic rings. The van der Waals surface area contributed by atoms with Crippen molar-refractivity contribution in [1.29, 1.82) is 0 Å². The van der Waals surface area contributed by atoms with Crippen LogP contribution in [0.2, 0.25) is 0 Å². The van der Waals surface area contributed by atoms with Gasteiger partial charge in [-0.3, -0.25) is 0 Å². The molecule has 2 heterocycles. The monoisotopic (exact) mass is 326 g/mol. The molecule has 0 aliphatic carbocycles. The summed E-state index contributed by atoms with van der Waals surface area (Å²) < 4.78 is 5.39. The predicted octanol–water partition coefficient (Wildman–Crippen LogP) is 2.55. The van der Waals surface area contributed by atoms with E-state index in [2.05, 4.69) is 5.32 Å². The summed E-state index contributed by atoms with van der Waals surface area (Å²) in [6.45, 7) is 9.20. The lowest BCUT2D eigenvalue weighted by molar-refractivity contribution is 0.0287. The van der Waals surface area contributed by atoms with Crippen LogP contribution in [0.25, 0.3) is 0 Å². The number of aliphatic hydroxyl groups is 1. The first-order valence-electron chi connectivity index (χ1n) is 7.65. The standard InChI is InChI=1S/C16H26N2O3S/c1-15(2,3)21-14(19)18-8-7-12(10-18)17-11-16(4,20)13-6-5-9-22-13/h5-6,9,12,17,20H,7-8,10-11H2,1-4H3/t12-,16+/m1/s1. The topological polar surface area (TPSA) is 61.8 Å². The Labute approximate surface area is 136 Å². The Morgan fingerprint density at radius 3 is 2.82 bits per heavy atom. The van der Waals surface area contributed by atoms with Gasteiger partial charge in [0.05, 0.1) is 0 Å². The van der Waals surface area contributed by atoms with Crippen molar-refractivity contribution in [3.8, 4) is 0 Å². The van der Waals surface area contributed by atoms with Crippen molar-refractivity contribution >= 4 is 17.4 Å². The molecule has 1 saturated heterocycles. The molecule has 1 amide bonds. The van der Waals surface area contributed by atoms with Gasteiger partial charge in [-0.05, 0) is 45.6 Å². The normalized spacial score (nSPS) is 21.7. The number of amides is 1. The maximum Gasteiger partial charge on any atom is 0.410 e. The molecule has 5 nitrogen and oxygen atoms in total. The number of hydrogen-bond donors (Lipinski definition) is 2. The van der Waals surface area contributed by atoms with Crippen molar-refractivity contribution in [2.45, 2.75) is 51.4 Å². The van der Waals surface area contributed by atoms with E-state index in [-0.39, 0.29) is 12.1 Å². The predicted molar refractivity (Wildman–Crippen MR) is 88.1 cm³/mol. The number of thiophene rings is 1. The van der Waals surface area contributed by atoms with Gasteiger partial charge in [0.15, 0.2) is 0 Å². The van der Waals surface area contributed by atoms with Gasteiger partial charge in [-0.15, -0.1) is 11.3 Å². The molecule has 2 N–H and O–H groups in total. The number of hydrogen-bond acceptors (Lipinski definition) is 5. The van der Waals surface area contributed by atoms with E-state index in [0.717, 1.165) is 11.3 Å². The maximum absolute atomic E-state index is 12.0. The third kappa shape index (κ3) is 4.69. The van der Waals surface area contributed by atoms with Crippen LogP contribution in [0.4, 0.5) is 4.79 Å². The van der Waals surface area contributed by atoms with Crippen molar-refractivity contribution in [3.63, 3.8) is 0 Å². The lowest BCUT2D eigenvalue weighted by Gasteiger charge is -2.26. The Morgan fingerprint density at radius 1 is 1.50 bits per heavy atom. The van der Waals surface area contributed by atoms with E-state index in [1.54, 1.807) is 16.2 Å². The summed E-state index contributed by atoms with van der Waals surface area (Å²) in [6.07, 6.45) is 0.613. The van der Waals surface area contributed by atoms with Crippen LogP contribution in [0.3, 0.4) is 0 Å². The minimum Gasteiger partial charge on any atom is -0.444 e. The Bertz CT molecular complexity index is 494. The molecule has 6 heteroatoms. The van der Waals surface area contributed by atoms with Gasteiger partial charge < -0.3 is 20.1 Å². The maximum atomic E-state index is 12.0. The lowest BCUT2D eigenvalue weighted by Crippen LogP contribution is -2.43. The molecule has 22 heavy (non-hydrogen) atoms. The highest BCUT2D eigenvalue weighted by Crippen LogP contribution is 2.25. The molecule has 1 aromatic rings. The molecule has 2 atom stereocenters. The van der Waals surface area contributed by atoms with Crippen LogP contribution in [0.1, 0.15) is 39.0 Å². The number of likely N-dealkylation sites (tertiary alicyclic amines) is 1. The molecular weight excluding hydrogens is 300 g/mol. The molecular formula is C16H26N2O3S. The fourth-order valence-corrected chi connectivity index (χ4v) is 3.22. The summed E-state index contributed by atoms with van der Waals surface area (Å²) >= 11 is 1.55. The van der Waals surface area contributed by atoms with Crippen LogP contribution in [-0.4, -0.2) is 47.4 Å². The van der Waals surface area contributed by atoms with Crippen LogP contribution in [-0.2, 0) is 10.3 Å². The zero-order valence-electron chi connectivity index (χ0n) is 13.8. The molecule has 1 aliphatic heterocycles. The minimum absolute atomic E-state index is 0.193. The van der Waals surface area contributed by atoms with Crippen molar-refractivity contribution in [1.82, 2.24) is 10.2 Å². The van der Waals surface area contributed by atoms with Crippen LogP contribution >= 0.6 is 11.3 Å². The first-order chi connectivity index (χ1) is 10.2. The van der Waals surface area contributed by atoms with Gasteiger partial charge in [-0.2, -0.15) is 0 Å². The second-order valence-electron chi connectivity index (χ2n) is 7.04. The van der Waals surface area contributed by atoms with Gasteiger partial charge in [0.2, 0.25) is 0 Å². The molecule has 2 rings (SSSR count). The number of rotatable bonds is 4. The largest absolute Gasteiger partial charge is 0.444 e. The summed E-state index contributed by atoms with van der Waals surface area (Å²) in [5.41, 5.74) is -1.35. The van der Waals surface area contributed by atoms with Crippen molar-refractivity contribution in [2.24, 2.45) is 0 Å². The number of nitrogens with one attached hydrogen (secondary N) is 1. The van der Waals surface area contributed by atoms with Crippen molar-refractivity contribution in [2.75, 3.05) is 19.6 Å². The van der Waals surface area contributed by atoms with Gasteiger partial charge >= 0.3 is 6.09 Å². The molecule has 0 unspecified atom stereocenters. The van der Waals surface area contributed by atoms with Gasteiger partial charge in [0.1, 0.15) is 11.2 Å². The zero-order chi connectivity index (χ0) is 16.4. The van der Waals surface area contributed by atoms with Crippen LogP contribution < -0.4 is 5.32 Å². The molecule has 124 valence electrons. The highest BCUT2D eigenvalue weighted by molar-refractivity contribution is 7.10. The Kier molecular flexibility index (Phi) is 5.14. The Morgan fingerprint density at radius 2 is 2.23 bits per heavy atom. The average Bonchev–Trinajstić information content (AvgIpc) is 3.06. The first kappa shape index (κ1) is 17.2. The first-order valence-corrected chi connectivity index (χ1v) is 8.53. The van der Waals surface area contributed by atoms with Crippen LogP contribution in [0, 0.1) is 0 Å². The molecule has 1 fully saturated rings. The second kappa shape index (κ2) is 6.56. The summed E-state index contributed by atoms with van der Waals surface area (Å²) in [5.74, 6) is 0. The summed E-state index contributed by atoms with van der Waals surface area (Å²) in [4.78, 5) is 14.7. The molecule has 0 aromatic carbocycles. The van der Waals surface area contributed by atoms with Gasteiger partial charge in [-0.1, -0.05) is 6.07 Å². The summed E-state index contributed by atoms with van der Waals surface area (Å²) in [5, 5.41) is 15.8. The van der Waals surface area contributed by atoms with E-state index < -0.39 is 11.2 Å². The Balaban J connectivity index is 1.80. The van der Waals surface area contributed by atoms with Crippen molar-refractivity contribution in [3.05, 3.63) is 22.4 Å². The average molecular weight is 326 g/mol. The van der Waals surface area contributed by atoms with Crippen LogP contribution in [0.5, 0.6) is 0 Å². The SMILES string of the molecule is CC(C)(C)OC(=O)N1CC[C@@H](NC[C@](C)(O)c2cccs2)C1. The van der Waals surface area contributed by atoms with Crippen LogP contribution in [0.15, 0.2) is 17.5 Å². The molecule has 1 aromatic heterocycles. The molecule has 0 spiro atoms. The molecule has 0 bridgehead atoms. The number of carbonyl (C=O) groups is 1. The smallest absolute Gasteiger partial charge is 0.410 e. The third-order valence-electron chi connectivity index (χ3n) is 3.63. The summed E-state index contributed by atoms with van der Waals surface area (Å²) in [7, 11) is 0. The minimum atomic E-state index is -0.881. The number of ether oxygens (including phenoxy) is 1. The highest BCUT2D eigenvalue weighted by Gasteiger charge is 2.31. The van der Waals surface area contributed by atoms with E-state index >= 15 is 0 Å². The van der Waals surface area contributed by atoms with E-state index in [1.165, 1.54) is 0 Å². The number of nitrogens with zero attached hydrogens (tertiary/aromatic N) is 1. The van der Waals surface area contributed by atoms with E-state index in [9.17, 15) is 9.90 Å². The second-order valence-corrected chi connectivity index (χ2v) is 7.99. The lowest BCUT2D eigenvalue weighted by atomic mass is 10.0. The van der Waals surface area contributed by atoms with Gasteiger partial charge in [0, 0.05) is 30.6 Å². The van der Waals surface area contributed by atoms with E-state index in [0.29, 0.717) is 19.6 Å². The molecule has 0 saturated carbocycles. The van der Waals surface area contributed by atoms with Gasteiger partial charge in [-0.25, -0.2) is 4.79 Å². The van der Waals surface area contributed by atoms with Crippen molar-refractivity contribution < 1.29 is 14.6 Å². The van der Waals surface area contributed by atoms with Gasteiger partial charge in [0.25, 0.3) is 0 Å². The zero-order valence-corrected chi connectivity index (χ0v) is 14.6.